The van der Waals surface area contributed by atoms with E-state index in [9.17, 15) is 40.7 Å². The molecule has 3 aliphatic heterocycles. The van der Waals surface area contributed by atoms with Gasteiger partial charge in [-0.1, -0.05) is 51.1 Å². The summed E-state index contributed by atoms with van der Waals surface area (Å²) in [7, 11) is 0. The van der Waals surface area contributed by atoms with E-state index in [2.05, 4.69) is 0 Å². The van der Waals surface area contributed by atoms with E-state index in [1.807, 2.05) is 32.9 Å². The van der Waals surface area contributed by atoms with Crippen LogP contribution in [-0.2, 0) is 28.3 Å². The second kappa shape index (κ2) is 12.7. The van der Waals surface area contributed by atoms with Gasteiger partial charge in [0.25, 0.3) is 5.91 Å². The molecule has 1 unspecified atom stereocenters. The van der Waals surface area contributed by atoms with Crippen molar-refractivity contribution in [2.75, 3.05) is 26.2 Å². The summed E-state index contributed by atoms with van der Waals surface area (Å²) < 4.78 is 87.5. The second-order valence-electron chi connectivity index (χ2n) is 13.9. The van der Waals surface area contributed by atoms with Crippen LogP contribution >= 0.6 is 0 Å². The maximum absolute atomic E-state index is 13.7. The van der Waals surface area contributed by atoms with Crippen LogP contribution in [0, 0.1) is 5.41 Å². The average Bonchev–Trinajstić information content (AvgIpc) is 3.00. The first-order valence-corrected chi connectivity index (χ1v) is 15.8. The minimum absolute atomic E-state index is 0.00544. The van der Waals surface area contributed by atoms with Crippen molar-refractivity contribution in [2.45, 2.75) is 89.3 Å². The van der Waals surface area contributed by atoms with Crippen molar-refractivity contribution in [1.29, 1.82) is 0 Å². The highest BCUT2D eigenvalue weighted by molar-refractivity contribution is 5.95. The van der Waals surface area contributed by atoms with E-state index in [-0.39, 0.29) is 37.4 Å². The molecule has 2 atom stereocenters. The van der Waals surface area contributed by atoms with Crippen LogP contribution in [0.1, 0.15) is 79.9 Å². The van der Waals surface area contributed by atoms with E-state index < -0.39 is 58.1 Å². The van der Waals surface area contributed by atoms with Crippen LogP contribution in [0.15, 0.2) is 48.5 Å². The van der Waals surface area contributed by atoms with Gasteiger partial charge >= 0.3 is 18.4 Å². The summed E-state index contributed by atoms with van der Waals surface area (Å²) >= 11 is 0. The minimum Gasteiger partial charge on any atom is -0.443 e. The van der Waals surface area contributed by atoms with Crippen molar-refractivity contribution < 1.29 is 45.5 Å². The standard InChI is InChI=1S/C34H39F6N3O4/c1-31(2,3)29(45)41-14-10-32(11-15-41)12-16-43(30(46)47-32)26-9-13-42(27(21-26)17-22-7-5-4-6-8-22)28(44)23-18-24(33(35,36)37)20-25(19-23)34(38,39)40/h4-8,18-20,26-27H,9-17,21H2,1-3H3/t26?,27-/m1/s1. The van der Waals surface area contributed by atoms with Crippen molar-refractivity contribution in [3.05, 3.63) is 70.8 Å². The van der Waals surface area contributed by atoms with Gasteiger partial charge in [0.1, 0.15) is 5.60 Å². The van der Waals surface area contributed by atoms with E-state index in [1.54, 1.807) is 28.0 Å². The molecule has 13 heteroatoms. The van der Waals surface area contributed by atoms with Gasteiger partial charge in [0.15, 0.2) is 0 Å². The fourth-order valence-electron chi connectivity index (χ4n) is 6.89. The van der Waals surface area contributed by atoms with Gasteiger partial charge in [0, 0.05) is 68.5 Å². The van der Waals surface area contributed by atoms with E-state index in [4.69, 9.17) is 4.74 Å². The van der Waals surface area contributed by atoms with Gasteiger partial charge in [0.2, 0.25) is 5.91 Å². The summed E-state index contributed by atoms with van der Waals surface area (Å²) in [6.45, 7) is 6.97. The predicted molar refractivity (Wildman–Crippen MR) is 160 cm³/mol. The summed E-state index contributed by atoms with van der Waals surface area (Å²) in [4.78, 5) is 44.6. The zero-order valence-electron chi connectivity index (χ0n) is 26.6. The number of alkyl halides is 6. The first-order chi connectivity index (χ1) is 21.9. The molecule has 2 aromatic carbocycles. The van der Waals surface area contributed by atoms with Crippen LogP contribution in [0.5, 0.6) is 0 Å². The summed E-state index contributed by atoms with van der Waals surface area (Å²) in [5, 5.41) is 0. The van der Waals surface area contributed by atoms with Crippen LogP contribution in [0.25, 0.3) is 0 Å². The van der Waals surface area contributed by atoms with Crippen LogP contribution in [-0.4, -0.2) is 76.5 Å². The molecule has 7 nitrogen and oxygen atoms in total. The number of amides is 3. The third-order valence-electron chi connectivity index (χ3n) is 9.49. The number of halogens is 6. The summed E-state index contributed by atoms with van der Waals surface area (Å²) in [5.41, 5.74) is -4.17. The Morgan fingerprint density at radius 3 is 1.96 bits per heavy atom. The number of benzene rings is 2. The fourth-order valence-corrected chi connectivity index (χ4v) is 6.89. The van der Waals surface area contributed by atoms with Gasteiger partial charge < -0.3 is 19.4 Å². The van der Waals surface area contributed by atoms with Crippen LogP contribution in [0.2, 0.25) is 0 Å². The Bertz CT molecular complexity index is 1450. The monoisotopic (exact) mass is 667 g/mol. The average molecular weight is 668 g/mol. The van der Waals surface area contributed by atoms with E-state index in [0.717, 1.165) is 5.56 Å². The highest BCUT2D eigenvalue weighted by Gasteiger charge is 2.47. The molecule has 3 amide bonds. The Balaban J connectivity index is 1.33. The van der Waals surface area contributed by atoms with Crippen molar-refractivity contribution in [1.82, 2.24) is 14.7 Å². The molecule has 3 aliphatic rings. The molecular formula is C34H39F6N3O4. The number of piperidine rings is 2. The zero-order valence-corrected chi connectivity index (χ0v) is 26.6. The topological polar surface area (TPSA) is 70.2 Å². The lowest BCUT2D eigenvalue weighted by molar-refractivity contribution is -0.146. The first kappa shape index (κ1) is 34.6. The van der Waals surface area contributed by atoms with Gasteiger partial charge in [0.05, 0.1) is 11.1 Å². The van der Waals surface area contributed by atoms with Gasteiger partial charge in [-0.15, -0.1) is 0 Å². The Morgan fingerprint density at radius 1 is 0.851 bits per heavy atom. The third kappa shape index (κ3) is 7.70. The van der Waals surface area contributed by atoms with Crippen molar-refractivity contribution in [3.8, 4) is 0 Å². The number of likely N-dealkylation sites (tertiary alicyclic amines) is 2. The predicted octanol–water partition coefficient (Wildman–Crippen LogP) is 7.19. The van der Waals surface area contributed by atoms with Crippen molar-refractivity contribution >= 4 is 17.9 Å². The number of hydrogen-bond donors (Lipinski definition) is 0. The molecule has 0 bridgehead atoms. The summed E-state index contributed by atoms with van der Waals surface area (Å²) in [5.74, 6) is -0.889. The zero-order chi connectivity index (χ0) is 34.4. The highest BCUT2D eigenvalue weighted by atomic mass is 19.4. The molecule has 0 aliphatic carbocycles. The van der Waals surface area contributed by atoms with Crippen LogP contribution < -0.4 is 0 Å². The molecule has 2 aromatic rings. The number of hydrogen-bond acceptors (Lipinski definition) is 4. The largest absolute Gasteiger partial charge is 0.443 e. The smallest absolute Gasteiger partial charge is 0.416 e. The SMILES string of the molecule is CC(C)(C)C(=O)N1CCC2(CC1)CCN(C1CCN(C(=O)c3cc(C(F)(F)F)cc(C(F)(F)F)c3)[C@H](Cc3ccccc3)C1)C(=O)O2. The number of carbonyl (C=O) groups is 3. The van der Waals surface area contributed by atoms with Crippen LogP contribution in [0.3, 0.4) is 0 Å². The van der Waals surface area contributed by atoms with E-state index in [1.165, 1.54) is 4.90 Å². The molecule has 0 radical (unpaired) electrons. The maximum atomic E-state index is 13.7. The molecule has 256 valence electrons. The first-order valence-electron chi connectivity index (χ1n) is 15.8. The molecule has 1 spiro atoms. The molecular weight excluding hydrogens is 628 g/mol. The number of ether oxygens (including phenoxy) is 1. The van der Waals surface area contributed by atoms with E-state index >= 15 is 0 Å². The molecule has 0 aromatic heterocycles. The van der Waals surface area contributed by atoms with Crippen molar-refractivity contribution in [2.24, 2.45) is 5.41 Å². The summed E-state index contributed by atoms with van der Waals surface area (Å²) in [6.07, 6.45) is -8.23. The fraction of sp³-hybridized carbons (Fsp3) is 0.559. The molecule has 0 saturated carbocycles. The Labute approximate surface area is 269 Å². The second-order valence-corrected chi connectivity index (χ2v) is 13.9. The molecule has 5 rings (SSSR count). The normalized spacial score (nSPS) is 22.3. The van der Waals surface area contributed by atoms with Gasteiger partial charge in [-0.25, -0.2) is 4.79 Å². The molecule has 47 heavy (non-hydrogen) atoms. The van der Waals surface area contributed by atoms with Crippen LogP contribution in [0.4, 0.5) is 31.1 Å². The Morgan fingerprint density at radius 2 is 1.43 bits per heavy atom. The van der Waals surface area contributed by atoms with Gasteiger partial charge in [-0.05, 0) is 43.0 Å². The third-order valence-corrected chi connectivity index (χ3v) is 9.49. The molecule has 0 N–H and O–H groups in total. The highest BCUT2D eigenvalue weighted by Crippen LogP contribution is 2.39. The lowest BCUT2D eigenvalue weighted by atomic mass is 9.84. The quantitative estimate of drug-likeness (QED) is 0.324. The number of rotatable bonds is 4. The molecule has 3 fully saturated rings. The van der Waals surface area contributed by atoms with Gasteiger partial charge in [-0.3, -0.25) is 9.59 Å². The maximum Gasteiger partial charge on any atom is 0.416 e. The lowest BCUT2D eigenvalue weighted by Crippen LogP contribution is -2.60. The number of carbonyl (C=O) groups excluding carboxylic acids is 3. The number of nitrogens with zero attached hydrogens (tertiary/aromatic N) is 3. The lowest BCUT2D eigenvalue weighted by Gasteiger charge is -2.50. The molecule has 3 saturated heterocycles. The Kier molecular flexibility index (Phi) is 9.33. The van der Waals surface area contributed by atoms with E-state index in [0.29, 0.717) is 57.5 Å². The van der Waals surface area contributed by atoms with Crippen molar-refractivity contribution in [3.63, 3.8) is 0 Å². The molecule has 3 heterocycles. The minimum atomic E-state index is -5.09. The summed E-state index contributed by atoms with van der Waals surface area (Å²) in [6, 6.07) is 9.03. The van der Waals surface area contributed by atoms with Gasteiger partial charge in [-0.2, -0.15) is 26.3 Å². The Hall–Kier alpha value is -3.77.